The summed E-state index contributed by atoms with van der Waals surface area (Å²) >= 11 is 0. The molecule has 0 aromatic heterocycles. The second-order valence-electron chi connectivity index (χ2n) is 4.11. The molecule has 0 aromatic carbocycles. The van der Waals surface area contributed by atoms with E-state index in [0.717, 1.165) is 19.3 Å². The second kappa shape index (κ2) is 5.73. The SMILES string of the molecule is CCCCOC(=O)CNC(=O)[C@@H]1C[C@@H]1C. The number of nitrogens with one attached hydrogen (secondary N) is 1. The summed E-state index contributed by atoms with van der Waals surface area (Å²) in [5.74, 6) is 0.231. The molecule has 0 heterocycles. The Labute approximate surface area is 90.4 Å². The van der Waals surface area contributed by atoms with E-state index in [0.29, 0.717) is 12.5 Å². The van der Waals surface area contributed by atoms with Gasteiger partial charge in [-0.05, 0) is 18.8 Å². The van der Waals surface area contributed by atoms with Crippen LogP contribution in [0.25, 0.3) is 0 Å². The van der Waals surface area contributed by atoms with Gasteiger partial charge in [-0.3, -0.25) is 9.59 Å². The molecule has 4 heteroatoms. The van der Waals surface area contributed by atoms with Crippen molar-refractivity contribution in [1.29, 1.82) is 0 Å². The number of amides is 1. The lowest BCUT2D eigenvalue weighted by atomic mass is 10.3. The van der Waals surface area contributed by atoms with Crippen molar-refractivity contribution in [1.82, 2.24) is 5.32 Å². The molecule has 0 aromatic rings. The molecule has 0 saturated heterocycles. The molecule has 1 aliphatic carbocycles. The molecule has 0 bridgehead atoms. The molecule has 86 valence electrons. The number of ether oxygens (including phenoxy) is 1. The van der Waals surface area contributed by atoms with Crippen molar-refractivity contribution in [3.63, 3.8) is 0 Å². The fourth-order valence-corrected chi connectivity index (χ4v) is 1.36. The fraction of sp³-hybridized carbons (Fsp3) is 0.818. The van der Waals surface area contributed by atoms with Crippen LogP contribution in [0.4, 0.5) is 0 Å². The summed E-state index contributed by atoms with van der Waals surface area (Å²) in [6.07, 6.45) is 2.81. The Hall–Kier alpha value is -1.06. The Kier molecular flexibility index (Phi) is 4.59. The zero-order chi connectivity index (χ0) is 11.3. The van der Waals surface area contributed by atoms with E-state index in [9.17, 15) is 9.59 Å². The number of esters is 1. The van der Waals surface area contributed by atoms with Gasteiger partial charge < -0.3 is 10.1 Å². The summed E-state index contributed by atoms with van der Waals surface area (Å²) in [6, 6.07) is 0. The van der Waals surface area contributed by atoms with Crippen LogP contribution in [-0.4, -0.2) is 25.0 Å². The van der Waals surface area contributed by atoms with E-state index in [4.69, 9.17) is 4.74 Å². The minimum absolute atomic E-state index is 0.00572. The van der Waals surface area contributed by atoms with E-state index in [2.05, 4.69) is 5.32 Å². The first-order valence-electron chi connectivity index (χ1n) is 5.58. The molecule has 0 unspecified atom stereocenters. The Morgan fingerprint density at radius 2 is 2.13 bits per heavy atom. The fourth-order valence-electron chi connectivity index (χ4n) is 1.36. The molecule has 2 atom stereocenters. The van der Waals surface area contributed by atoms with Gasteiger partial charge in [0.25, 0.3) is 0 Å². The second-order valence-corrected chi connectivity index (χ2v) is 4.11. The Balaban J connectivity index is 2.03. The van der Waals surface area contributed by atoms with E-state index < -0.39 is 0 Å². The highest BCUT2D eigenvalue weighted by atomic mass is 16.5. The van der Waals surface area contributed by atoms with E-state index in [1.54, 1.807) is 0 Å². The molecule has 0 spiro atoms. The van der Waals surface area contributed by atoms with Crippen LogP contribution in [0.1, 0.15) is 33.1 Å². The van der Waals surface area contributed by atoms with E-state index in [-0.39, 0.29) is 24.3 Å². The number of hydrogen-bond donors (Lipinski definition) is 1. The van der Waals surface area contributed by atoms with Crippen molar-refractivity contribution < 1.29 is 14.3 Å². The van der Waals surface area contributed by atoms with Crippen LogP contribution in [0, 0.1) is 11.8 Å². The third kappa shape index (κ3) is 4.32. The third-order valence-electron chi connectivity index (χ3n) is 2.61. The molecule has 4 nitrogen and oxygen atoms in total. The molecule has 1 amide bonds. The number of rotatable bonds is 6. The Bertz CT molecular complexity index is 240. The largest absolute Gasteiger partial charge is 0.464 e. The lowest BCUT2D eigenvalue weighted by molar-refractivity contribution is -0.144. The maximum absolute atomic E-state index is 11.3. The third-order valence-corrected chi connectivity index (χ3v) is 2.61. The Morgan fingerprint density at radius 3 is 2.67 bits per heavy atom. The minimum Gasteiger partial charge on any atom is -0.464 e. The quantitative estimate of drug-likeness (QED) is 0.531. The van der Waals surface area contributed by atoms with Crippen molar-refractivity contribution in [2.24, 2.45) is 11.8 Å². The van der Waals surface area contributed by atoms with E-state index in [1.165, 1.54) is 0 Å². The summed E-state index contributed by atoms with van der Waals surface area (Å²) in [5.41, 5.74) is 0. The summed E-state index contributed by atoms with van der Waals surface area (Å²) in [4.78, 5) is 22.4. The molecule has 1 fully saturated rings. The van der Waals surface area contributed by atoms with Gasteiger partial charge in [0.2, 0.25) is 5.91 Å². The first-order chi connectivity index (χ1) is 7.15. The average Bonchev–Trinajstić information content (AvgIpc) is 2.92. The first kappa shape index (κ1) is 12.0. The Morgan fingerprint density at radius 1 is 1.47 bits per heavy atom. The van der Waals surface area contributed by atoms with Gasteiger partial charge in [-0.15, -0.1) is 0 Å². The van der Waals surface area contributed by atoms with Crippen molar-refractivity contribution in [2.75, 3.05) is 13.2 Å². The van der Waals surface area contributed by atoms with Gasteiger partial charge in [0, 0.05) is 5.92 Å². The maximum atomic E-state index is 11.3. The number of unbranched alkanes of at least 4 members (excludes halogenated alkanes) is 1. The van der Waals surface area contributed by atoms with Crippen molar-refractivity contribution >= 4 is 11.9 Å². The van der Waals surface area contributed by atoms with Gasteiger partial charge in [-0.1, -0.05) is 20.3 Å². The van der Waals surface area contributed by atoms with Crippen molar-refractivity contribution in [3.8, 4) is 0 Å². The standard InChI is InChI=1S/C11H19NO3/c1-3-4-5-15-10(13)7-12-11(14)9-6-8(9)2/h8-9H,3-7H2,1-2H3,(H,12,14)/t8-,9+/m0/s1. The van der Waals surface area contributed by atoms with Gasteiger partial charge in [-0.2, -0.15) is 0 Å². The summed E-state index contributed by atoms with van der Waals surface area (Å²) < 4.78 is 4.91. The highest BCUT2D eigenvalue weighted by molar-refractivity contribution is 5.85. The summed E-state index contributed by atoms with van der Waals surface area (Å²) in [5, 5.41) is 2.59. The topological polar surface area (TPSA) is 55.4 Å². The highest BCUT2D eigenvalue weighted by Gasteiger charge is 2.38. The molecule has 0 radical (unpaired) electrons. The normalized spacial score (nSPS) is 23.3. The first-order valence-corrected chi connectivity index (χ1v) is 5.58. The summed E-state index contributed by atoms with van der Waals surface area (Å²) in [7, 11) is 0. The molecule has 1 rings (SSSR count). The van der Waals surface area contributed by atoms with Crippen LogP contribution >= 0.6 is 0 Å². The predicted molar refractivity (Wildman–Crippen MR) is 56.1 cm³/mol. The molecular weight excluding hydrogens is 194 g/mol. The van der Waals surface area contributed by atoms with Gasteiger partial charge in [0.15, 0.2) is 0 Å². The lowest BCUT2D eigenvalue weighted by Crippen LogP contribution is -2.32. The molecule has 1 N–H and O–H groups in total. The van der Waals surface area contributed by atoms with Crippen LogP contribution in [0.5, 0.6) is 0 Å². The van der Waals surface area contributed by atoms with Gasteiger partial charge >= 0.3 is 5.97 Å². The van der Waals surface area contributed by atoms with Crippen LogP contribution in [0.15, 0.2) is 0 Å². The van der Waals surface area contributed by atoms with Crippen molar-refractivity contribution in [2.45, 2.75) is 33.1 Å². The average molecular weight is 213 g/mol. The summed E-state index contributed by atoms with van der Waals surface area (Å²) in [6.45, 7) is 4.52. The lowest BCUT2D eigenvalue weighted by Gasteiger charge is -2.05. The monoisotopic (exact) mass is 213 g/mol. The van der Waals surface area contributed by atoms with E-state index in [1.807, 2.05) is 13.8 Å². The molecule has 0 aliphatic heterocycles. The van der Waals surface area contributed by atoms with Crippen LogP contribution in [-0.2, 0) is 14.3 Å². The maximum Gasteiger partial charge on any atom is 0.325 e. The van der Waals surface area contributed by atoms with Crippen molar-refractivity contribution in [3.05, 3.63) is 0 Å². The van der Waals surface area contributed by atoms with Crippen LogP contribution in [0.2, 0.25) is 0 Å². The molecular formula is C11H19NO3. The number of carbonyl (C=O) groups excluding carboxylic acids is 2. The zero-order valence-electron chi connectivity index (χ0n) is 9.41. The number of carbonyl (C=O) groups is 2. The number of hydrogen-bond acceptors (Lipinski definition) is 3. The smallest absolute Gasteiger partial charge is 0.325 e. The van der Waals surface area contributed by atoms with Crippen LogP contribution in [0.3, 0.4) is 0 Å². The molecule has 1 aliphatic rings. The molecule has 1 saturated carbocycles. The van der Waals surface area contributed by atoms with Crippen LogP contribution < -0.4 is 5.32 Å². The predicted octanol–water partition coefficient (Wildman–Crippen LogP) is 1.10. The minimum atomic E-state index is -0.342. The molecule has 15 heavy (non-hydrogen) atoms. The van der Waals surface area contributed by atoms with Gasteiger partial charge in [-0.25, -0.2) is 0 Å². The zero-order valence-corrected chi connectivity index (χ0v) is 9.41. The highest BCUT2D eigenvalue weighted by Crippen LogP contribution is 2.37. The van der Waals surface area contributed by atoms with Gasteiger partial charge in [0.05, 0.1) is 6.61 Å². The van der Waals surface area contributed by atoms with E-state index >= 15 is 0 Å². The van der Waals surface area contributed by atoms with Gasteiger partial charge in [0.1, 0.15) is 6.54 Å².